The summed E-state index contributed by atoms with van der Waals surface area (Å²) in [5.41, 5.74) is 0.178. The molecule has 0 radical (unpaired) electrons. The van der Waals surface area contributed by atoms with Gasteiger partial charge in [-0.1, -0.05) is 6.58 Å². The minimum atomic E-state index is -0.743. The normalized spacial score (nSPS) is 9.54. The Morgan fingerprint density at radius 2 is 1.85 bits per heavy atom. The number of likely N-dealkylation sites (N-methyl/N-ethyl adjacent to an activating group) is 1. The molecule has 0 aliphatic heterocycles. The van der Waals surface area contributed by atoms with Crippen molar-refractivity contribution in [3.8, 4) is 0 Å². The molecule has 0 rings (SSSR count). The lowest BCUT2D eigenvalue weighted by Gasteiger charge is -2.07. The monoisotopic (exact) mass is 187 g/mol. The first-order valence-corrected chi connectivity index (χ1v) is 3.65. The summed E-state index contributed by atoms with van der Waals surface area (Å²) in [6.45, 7) is 4.84. The summed E-state index contributed by atoms with van der Waals surface area (Å²) in [5.74, 6) is -1.37. The van der Waals surface area contributed by atoms with E-state index in [9.17, 15) is 9.59 Å². The van der Waals surface area contributed by atoms with Crippen LogP contribution in [0.2, 0.25) is 0 Å². The lowest BCUT2D eigenvalue weighted by atomic mass is 10.4. The third-order valence-corrected chi connectivity index (χ3v) is 1.00. The van der Waals surface area contributed by atoms with Gasteiger partial charge in [0.15, 0.2) is 0 Å². The molecule has 0 aliphatic rings. The molecular formula is C8H13NO4. The Balaban J connectivity index is 3.71. The smallest absolute Gasteiger partial charge is 0.299 e. The summed E-state index contributed by atoms with van der Waals surface area (Å²) < 4.78 is 0. The molecule has 0 bridgehead atoms. The van der Waals surface area contributed by atoms with Crippen LogP contribution in [0.4, 0.5) is 0 Å². The van der Waals surface area contributed by atoms with Gasteiger partial charge in [0, 0.05) is 5.57 Å². The molecule has 0 fully saturated rings. The van der Waals surface area contributed by atoms with Gasteiger partial charge in [-0.05, 0) is 21.0 Å². The highest BCUT2D eigenvalue weighted by atomic mass is 17.2. The summed E-state index contributed by atoms with van der Waals surface area (Å²) in [4.78, 5) is 31.5. The Hall–Kier alpha value is -1.36. The Bertz CT molecular complexity index is 222. The van der Waals surface area contributed by atoms with E-state index in [1.165, 1.54) is 6.92 Å². The average molecular weight is 187 g/mol. The van der Waals surface area contributed by atoms with Gasteiger partial charge in [0.2, 0.25) is 0 Å². The Kier molecular flexibility index (Phi) is 4.76. The van der Waals surface area contributed by atoms with Gasteiger partial charge in [-0.2, -0.15) is 0 Å². The second kappa shape index (κ2) is 5.31. The van der Waals surface area contributed by atoms with E-state index >= 15 is 0 Å². The maximum Gasteiger partial charge on any atom is 0.381 e. The van der Waals surface area contributed by atoms with Gasteiger partial charge in [0.05, 0.1) is 0 Å². The zero-order valence-electron chi connectivity index (χ0n) is 7.99. The van der Waals surface area contributed by atoms with Crippen molar-refractivity contribution >= 4 is 11.9 Å². The highest BCUT2D eigenvalue weighted by Gasteiger charge is 2.10. The van der Waals surface area contributed by atoms with Crippen LogP contribution in [0.25, 0.3) is 0 Å². The van der Waals surface area contributed by atoms with E-state index in [0.717, 1.165) is 0 Å². The number of carbonyl (C=O) groups excluding carboxylic acids is 2. The predicted molar refractivity (Wildman–Crippen MR) is 45.6 cm³/mol. The zero-order chi connectivity index (χ0) is 10.4. The number of nitrogens with zero attached hydrogens (tertiary/aromatic N) is 1. The zero-order valence-corrected chi connectivity index (χ0v) is 7.99. The van der Waals surface area contributed by atoms with Crippen LogP contribution in [-0.4, -0.2) is 37.5 Å². The molecule has 0 N–H and O–H groups in total. The standard InChI is InChI=1S/C8H13NO4/c1-6(2)8(11)13-12-7(10)5-9(3)4/h1,5H2,2-4H3. The summed E-state index contributed by atoms with van der Waals surface area (Å²) >= 11 is 0. The van der Waals surface area contributed by atoms with Crippen molar-refractivity contribution in [2.75, 3.05) is 20.6 Å². The Morgan fingerprint density at radius 1 is 1.31 bits per heavy atom. The predicted octanol–water partition coefficient (Wildman–Crippen LogP) is 0.125. The third-order valence-electron chi connectivity index (χ3n) is 1.00. The number of carbonyl (C=O) groups is 2. The largest absolute Gasteiger partial charge is 0.381 e. The summed E-state index contributed by atoms with van der Waals surface area (Å²) in [6.07, 6.45) is 0. The van der Waals surface area contributed by atoms with E-state index in [0.29, 0.717) is 0 Å². The summed E-state index contributed by atoms with van der Waals surface area (Å²) in [6, 6.07) is 0. The van der Waals surface area contributed by atoms with E-state index in [1.54, 1.807) is 19.0 Å². The minimum Gasteiger partial charge on any atom is -0.299 e. The second-order valence-corrected chi connectivity index (χ2v) is 2.84. The van der Waals surface area contributed by atoms with Gasteiger partial charge < -0.3 is 0 Å². The molecule has 0 saturated carbocycles. The average Bonchev–Trinajstić information content (AvgIpc) is 1.98. The van der Waals surface area contributed by atoms with Crippen LogP contribution < -0.4 is 0 Å². The Morgan fingerprint density at radius 3 is 2.23 bits per heavy atom. The van der Waals surface area contributed by atoms with Gasteiger partial charge in [-0.15, -0.1) is 0 Å². The van der Waals surface area contributed by atoms with Crippen molar-refractivity contribution in [1.82, 2.24) is 4.90 Å². The molecule has 0 unspecified atom stereocenters. The van der Waals surface area contributed by atoms with Crippen molar-refractivity contribution in [2.24, 2.45) is 0 Å². The van der Waals surface area contributed by atoms with Gasteiger partial charge in [-0.3, -0.25) is 4.90 Å². The fraction of sp³-hybridized carbons (Fsp3) is 0.500. The summed E-state index contributed by atoms with van der Waals surface area (Å²) in [7, 11) is 3.39. The van der Waals surface area contributed by atoms with Gasteiger partial charge in [-0.25, -0.2) is 19.4 Å². The van der Waals surface area contributed by atoms with Crippen LogP contribution in [0.3, 0.4) is 0 Å². The molecule has 0 aromatic carbocycles. The van der Waals surface area contributed by atoms with Crippen LogP contribution >= 0.6 is 0 Å². The van der Waals surface area contributed by atoms with Crippen molar-refractivity contribution in [1.29, 1.82) is 0 Å². The molecule has 0 aromatic heterocycles. The molecule has 5 heteroatoms. The van der Waals surface area contributed by atoms with Crippen molar-refractivity contribution in [3.63, 3.8) is 0 Å². The van der Waals surface area contributed by atoms with Crippen LogP contribution in [0.1, 0.15) is 6.92 Å². The van der Waals surface area contributed by atoms with Crippen molar-refractivity contribution in [2.45, 2.75) is 6.92 Å². The van der Waals surface area contributed by atoms with Gasteiger partial charge in [0.25, 0.3) is 0 Å². The maximum absolute atomic E-state index is 10.8. The maximum atomic E-state index is 10.8. The van der Waals surface area contributed by atoms with Gasteiger partial charge in [0.1, 0.15) is 6.54 Å². The number of rotatable bonds is 3. The van der Waals surface area contributed by atoms with E-state index in [1.807, 2.05) is 0 Å². The number of hydrogen-bond donors (Lipinski definition) is 0. The van der Waals surface area contributed by atoms with E-state index in [2.05, 4.69) is 16.4 Å². The minimum absolute atomic E-state index is 0.0590. The SMILES string of the molecule is C=C(C)C(=O)OOC(=O)CN(C)C. The fourth-order valence-corrected chi connectivity index (χ4v) is 0.440. The van der Waals surface area contributed by atoms with Crippen molar-refractivity contribution in [3.05, 3.63) is 12.2 Å². The number of hydrogen-bond acceptors (Lipinski definition) is 5. The topological polar surface area (TPSA) is 55.8 Å². The first kappa shape index (κ1) is 11.6. The van der Waals surface area contributed by atoms with Crippen LogP contribution in [0, 0.1) is 0 Å². The van der Waals surface area contributed by atoms with E-state index in [-0.39, 0.29) is 12.1 Å². The lowest BCUT2D eigenvalue weighted by molar-refractivity contribution is -0.255. The first-order valence-electron chi connectivity index (χ1n) is 3.65. The van der Waals surface area contributed by atoms with E-state index < -0.39 is 11.9 Å². The molecular weight excluding hydrogens is 174 g/mol. The van der Waals surface area contributed by atoms with Gasteiger partial charge >= 0.3 is 11.9 Å². The van der Waals surface area contributed by atoms with E-state index in [4.69, 9.17) is 0 Å². The highest BCUT2D eigenvalue weighted by Crippen LogP contribution is 1.93. The molecule has 0 atom stereocenters. The molecule has 0 saturated heterocycles. The second-order valence-electron chi connectivity index (χ2n) is 2.84. The molecule has 0 aromatic rings. The van der Waals surface area contributed by atoms with Crippen LogP contribution in [0.15, 0.2) is 12.2 Å². The first-order chi connectivity index (χ1) is 5.93. The quantitative estimate of drug-likeness (QED) is 0.357. The molecule has 0 spiro atoms. The van der Waals surface area contributed by atoms with Crippen LogP contribution in [0.5, 0.6) is 0 Å². The Labute approximate surface area is 76.8 Å². The molecule has 74 valence electrons. The molecule has 0 heterocycles. The highest BCUT2D eigenvalue weighted by molar-refractivity contribution is 5.87. The molecule has 0 amide bonds. The molecule has 0 aliphatic carbocycles. The van der Waals surface area contributed by atoms with Crippen molar-refractivity contribution < 1.29 is 19.4 Å². The lowest BCUT2D eigenvalue weighted by Crippen LogP contribution is -2.24. The third kappa shape index (κ3) is 5.86. The summed E-state index contributed by atoms with van der Waals surface area (Å²) in [5, 5.41) is 0. The molecule has 5 nitrogen and oxygen atoms in total. The van der Waals surface area contributed by atoms with Crippen LogP contribution in [-0.2, 0) is 19.4 Å². The fourth-order valence-electron chi connectivity index (χ4n) is 0.440. The molecule has 13 heavy (non-hydrogen) atoms.